The van der Waals surface area contributed by atoms with E-state index in [9.17, 15) is 14.4 Å². The van der Waals surface area contributed by atoms with Crippen molar-refractivity contribution in [3.05, 3.63) is 0 Å². The van der Waals surface area contributed by atoms with E-state index in [4.69, 9.17) is 4.74 Å². The van der Waals surface area contributed by atoms with E-state index in [1.807, 2.05) is 0 Å². The lowest BCUT2D eigenvalue weighted by atomic mass is 10.00. The van der Waals surface area contributed by atoms with E-state index in [0.29, 0.717) is 0 Å². The molecule has 2 aliphatic rings. The molecule has 2 unspecified atom stereocenters. The first-order chi connectivity index (χ1) is 8.79. The normalized spacial score (nSPS) is 26.8. The first-order valence-corrected chi connectivity index (χ1v) is 6.86. The number of carbonyl (C=O) groups is 3. The van der Waals surface area contributed by atoms with Crippen LogP contribution in [0.1, 0.15) is 46.5 Å². The second-order valence-corrected chi connectivity index (χ2v) is 6.31. The van der Waals surface area contributed by atoms with Gasteiger partial charge in [-0.3, -0.25) is 19.3 Å². The van der Waals surface area contributed by atoms with Crippen molar-refractivity contribution < 1.29 is 19.1 Å². The molecule has 106 valence electrons. The molecule has 19 heavy (non-hydrogen) atoms. The summed E-state index contributed by atoms with van der Waals surface area (Å²) in [5, 5.41) is 0. The number of imide groups is 1. The minimum absolute atomic E-state index is 0.0776. The Hall–Kier alpha value is -1.39. The molecule has 0 bridgehead atoms. The summed E-state index contributed by atoms with van der Waals surface area (Å²) in [6.07, 6.45) is 2.64. The molecular weight excluding hydrogens is 246 g/mol. The van der Waals surface area contributed by atoms with Gasteiger partial charge in [-0.1, -0.05) is 6.42 Å². The third kappa shape index (κ3) is 2.96. The SMILES string of the molecule is CC(C)(C)OC(=O)CCN1C(=O)C2CCCC2C1=O. The molecule has 0 aromatic rings. The van der Waals surface area contributed by atoms with Crippen molar-refractivity contribution in [1.29, 1.82) is 0 Å². The molecule has 0 aromatic carbocycles. The molecule has 1 aliphatic heterocycles. The topological polar surface area (TPSA) is 63.7 Å². The van der Waals surface area contributed by atoms with E-state index in [1.54, 1.807) is 20.8 Å². The predicted octanol–water partition coefficient (Wildman–Crippen LogP) is 1.50. The minimum Gasteiger partial charge on any atom is -0.460 e. The Kier molecular flexibility index (Phi) is 3.65. The summed E-state index contributed by atoms with van der Waals surface area (Å²) in [7, 11) is 0. The monoisotopic (exact) mass is 267 g/mol. The van der Waals surface area contributed by atoms with E-state index in [0.717, 1.165) is 19.3 Å². The van der Waals surface area contributed by atoms with E-state index in [-0.39, 0.29) is 42.6 Å². The van der Waals surface area contributed by atoms with Gasteiger partial charge in [0, 0.05) is 6.54 Å². The molecule has 0 spiro atoms. The smallest absolute Gasteiger partial charge is 0.308 e. The summed E-state index contributed by atoms with van der Waals surface area (Å²) in [4.78, 5) is 36.9. The maximum atomic E-state index is 12.0. The lowest BCUT2D eigenvalue weighted by Gasteiger charge is -2.21. The van der Waals surface area contributed by atoms with Gasteiger partial charge in [-0.15, -0.1) is 0 Å². The lowest BCUT2D eigenvalue weighted by Crippen LogP contribution is -2.35. The number of likely N-dealkylation sites (tertiary alicyclic amines) is 1. The molecule has 1 saturated carbocycles. The number of fused-ring (bicyclic) bond motifs is 1. The van der Waals surface area contributed by atoms with Crippen molar-refractivity contribution in [3.63, 3.8) is 0 Å². The van der Waals surface area contributed by atoms with Crippen LogP contribution in [0, 0.1) is 11.8 Å². The second-order valence-electron chi connectivity index (χ2n) is 6.31. The molecule has 2 rings (SSSR count). The van der Waals surface area contributed by atoms with Crippen LogP contribution in [0.25, 0.3) is 0 Å². The minimum atomic E-state index is -0.535. The van der Waals surface area contributed by atoms with Crippen LogP contribution in [-0.2, 0) is 19.1 Å². The van der Waals surface area contributed by atoms with Crippen molar-refractivity contribution in [2.45, 2.75) is 52.1 Å². The zero-order chi connectivity index (χ0) is 14.2. The standard InChI is InChI=1S/C14H21NO4/c1-14(2,3)19-11(16)7-8-15-12(17)9-5-4-6-10(9)13(15)18/h9-10H,4-8H2,1-3H3. The molecule has 0 N–H and O–H groups in total. The molecule has 1 heterocycles. The van der Waals surface area contributed by atoms with Gasteiger partial charge in [-0.25, -0.2) is 0 Å². The maximum Gasteiger partial charge on any atom is 0.308 e. The Morgan fingerprint density at radius 2 is 1.74 bits per heavy atom. The van der Waals surface area contributed by atoms with Crippen molar-refractivity contribution in [1.82, 2.24) is 4.90 Å². The highest BCUT2D eigenvalue weighted by molar-refractivity contribution is 6.05. The molecule has 0 aromatic heterocycles. The summed E-state index contributed by atoms with van der Waals surface area (Å²) in [5.74, 6) is -0.838. The van der Waals surface area contributed by atoms with Crippen LogP contribution >= 0.6 is 0 Å². The fourth-order valence-electron chi connectivity index (χ4n) is 2.88. The van der Waals surface area contributed by atoms with Crippen LogP contribution in [0.2, 0.25) is 0 Å². The molecule has 2 fully saturated rings. The number of amides is 2. The number of carbonyl (C=O) groups excluding carboxylic acids is 3. The third-order valence-electron chi connectivity index (χ3n) is 3.64. The molecule has 2 amide bonds. The van der Waals surface area contributed by atoms with Gasteiger partial charge >= 0.3 is 5.97 Å². The molecular formula is C14H21NO4. The largest absolute Gasteiger partial charge is 0.460 e. The summed E-state index contributed by atoms with van der Waals surface area (Å²) in [5.41, 5.74) is -0.535. The summed E-state index contributed by atoms with van der Waals surface area (Å²) >= 11 is 0. The van der Waals surface area contributed by atoms with Crippen LogP contribution in [-0.4, -0.2) is 34.8 Å². The number of esters is 1. The summed E-state index contributed by atoms with van der Waals surface area (Å²) < 4.78 is 5.17. The first kappa shape index (κ1) is 14.0. The van der Waals surface area contributed by atoms with E-state index in [1.165, 1.54) is 4.90 Å². The van der Waals surface area contributed by atoms with E-state index < -0.39 is 5.60 Å². The number of rotatable bonds is 3. The highest BCUT2D eigenvalue weighted by Crippen LogP contribution is 2.39. The van der Waals surface area contributed by atoms with Gasteiger partial charge < -0.3 is 4.74 Å². The molecule has 1 saturated heterocycles. The molecule has 5 nitrogen and oxygen atoms in total. The fourth-order valence-corrected chi connectivity index (χ4v) is 2.88. The zero-order valence-electron chi connectivity index (χ0n) is 11.8. The highest BCUT2D eigenvalue weighted by atomic mass is 16.6. The van der Waals surface area contributed by atoms with Gasteiger partial charge in [-0.2, -0.15) is 0 Å². The van der Waals surface area contributed by atoms with Crippen LogP contribution in [0.3, 0.4) is 0 Å². The maximum absolute atomic E-state index is 12.0. The van der Waals surface area contributed by atoms with Crippen molar-refractivity contribution in [2.75, 3.05) is 6.54 Å². The Labute approximate surface area is 113 Å². The van der Waals surface area contributed by atoms with Crippen molar-refractivity contribution in [3.8, 4) is 0 Å². The van der Waals surface area contributed by atoms with Gasteiger partial charge in [0.1, 0.15) is 5.60 Å². The average Bonchev–Trinajstić information content (AvgIpc) is 2.81. The fraction of sp³-hybridized carbons (Fsp3) is 0.786. The number of hydrogen-bond donors (Lipinski definition) is 0. The van der Waals surface area contributed by atoms with Crippen LogP contribution < -0.4 is 0 Å². The molecule has 2 atom stereocenters. The summed E-state index contributed by atoms with van der Waals surface area (Å²) in [6.45, 7) is 5.53. The number of nitrogens with zero attached hydrogens (tertiary/aromatic N) is 1. The average molecular weight is 267 g/mol. The van der Waals surface area contributed by atoms with Gasteiger partial charge in [-0.05, 0) is 33.6 Å². The Morgan fingerprint density at radius 1 is 1.21 bits per heavy atom. The predicted molar refractivity (Wildman–Crippen MR) is 68.0 cm³/mol. The Balaban J connectivity index is 1.89. The van der Waals surface area contributed by atoms with Gasteiger partial charge in [0.15, 0.2) is 0 Å². The van der Waals surface area contributed by atoms with Crippen LogP contribution in [0.15, 0.2) is 0 Å². The van der Waals surface area contributed by atoms with Crippen LogP contribution in [0.4, 0.5) is 0 Å². The number of hydrogen-bond acceptors (Lipinski definition) is 4. The quantitative estimate of drug-likeness (QED) is 0.574. The summed E-state index contributed by atoms with van der Waals surface area (Å²) in [6, 6.07) is 0. The van der Waals surface area contributed by atoms with Crippen LogP contribution in [0.5, 0.6) is 0 Å². The Morgan fingerprint density at radius 3 is 2.21 bits per heavy atom. The third-order valence-corrected chi connectivity index (χ3v) is 3.64. The van der Waals surface area contributed by atoms with Crippen molar-refractivity contribution in [2.24, 2.45) is 11.8 Å². The second kappa shape index (κ2) is 4.94. The highest BCUT2D eigenvalue weighted by Gasteiger charge is 2.49. The van der Waals surface area contributed by atoms with E-state index in [2.05, 4.69) is 0 Å². The first-order valence-electron chi connectivity index (χ1n) is 6.86. The zero-order valence-corrected chi connectivity index (χ0v) is 11.8. The van der Waals surface area contributed by atoms with Gasteiger partial charge in [0.2, 0.25) is 11.8 Å². The molecule has 1 aliphatic carbocycles. The van der Waals surface area contributed by atoms with Gasteiger partial charge in [0.05, 0.1) is 18.3 Å². The van der Waals surface area contributed by atoms with Gasteiger partial charge in [0.25, 0.3) is 0 Å². The lowest BCUT2D eigenvalue weighted by molar-refractivity contribution is -0.155. The molecule has 0 radical (unpaired) electrons. The number of ether oxygens (including phenoxy) is 1. The van der Waals surface area contributed by atoms with Crippen molar-refractivity contribution >= 4 is 17.8 Å². The Bertz CT molecular complexity index is 388. The van der Waals surface area contributed by atoms with E-state index >= 15 is 0 Å². The molecule has 5 heteroatoms.